The number of phenolic OH excluding ortho intramolecular Hbond substituents is 1. The van der Waals surface area contributed by atoms with Crippen molar-refractivity contribution in [3.8, 4) is 28.3 Å². The molecule has 150 valence electrons. The predicted octanol–water partition coefficient (Wildman–Crippen LogP) is 4.00. The molecule has 1 amide bonds. The third-order valence-electron chi connectivity index (χ3n) is 4.88. The molecule has 0 aliphatic carbocycles. The molecule has 0 aliphatic rings. The molecule has 0 saturated carbocycles. The van der Waals surface area contributed by atoms with Gasteiger partial charge in [-0.25, -0.2) is 0 Å². The summed E-state index contributed by atoms with van der Waals surface area (Å²) in [5, 5.41) is 19.7. The number of carbonyl (C=O) groups excluding carboxylic acids is 1. The molecule has 0 unspecified atom stereocenters. The number of amides is 1. The molecule has 4 aromatic rings. The highest BCUT2D eigenvalue weighted by atomic mass is 16.3. The first-order valence-corrected chi connectivity index (χ1v) is 9.66. The van der Waals surface area contributed by atoms with Crippen LogP contribution in [0.15, 0.2) is 78.9 Å². The lowest BCUT2D eigenvalue weighted by molar-refractivity contribution is 0.0954. The number of hydrogen-bond donors (Lipinski definition) is 4. The summed E-state index contributed by atoms with van der Waals surface area (Å²) in [5.41, 5.74) is 11.6. The van der Waals surface area contributed by atoms with Crippen LogP contribution in [0, 0.1) is 0 Å². The number of carbonyl (C=O) groups is 1. The van der Waals surface area contributed by atoms with E-state index in [0.717, 1.165) is 40.2 Å². The van der Waals surface area contributed by atoms with E-state index < -0.39 is 0 Å². The maximum absolute atomic E-state index is 12.4. The Balaban J connectivity index is 1.37. The number of nitrogens with zero attached hydrogens (tertiary/aromatic N) is 1. The Hall–Kier alpha value is -4.06. The van der Waals surface area contributed by atoms with Gasteiger partial charge in [0.2, 0.25) is 0 Å². The number of nitrogens with one attached hydrogen (secondary N) is 2. The molecule has 0 spiro atoms. The Morgan fingerprint density at radius 1 is 0.933 bits per heavy atom. The number of phenols is 1. The third kappa shape index (κ3) is 4.50. The van der Waals surface area contributed by atoms with E-state index in [0.29, 0.717) is 12.1 Å². The van der Waals surface area contributed by atoms with Crippen molar-refractivity contribution in [3.05, 3.63) is 90.0 Å². The highest BCUT2D eigenvalue weighted by Gasteiger charge is 2.09. The normalized spacial score (nSPS) is 10.7. The second-order valence-corrected chi connectivity index (χ2v) is 7.04. The lowest BCUT2D eigenvalue weighted by Crippen LogP contribution is -2.25. The quantitative estimate of drug-likeness (QED) is 0.369. The Labute approximate surface area is 174 Å². The zero-order valence-electron chi connectivity index (χ0n) is 16.3. The fraction of sp³-hybridized carbons (Fsp3) is 0.0833. The smallest absolute Gasteiger partial charge is 0.251 e. The SMILES string of the molecule is Nc1ccc(CCNC(=O)c2ccc(-c3cc(-c4ccc(O)cc4)[nH]n3)cc2)cc1. The van der Waals surface area contributed by atoms with Crippen LogP contribution in [0.2, 0.25) is 0 Å². The number of aromatic hydroxyl groups is 1. The molecule has 6 heteroatoms. The molecule has 6 nitrogen and oxygen atoms in total. The van der Waals surface area contributed by atoms with Gasteiger partial charge in [-0.2, -0.15) is 5.10 Å². The minimum Gasteiger partial charge on any atom is -0.508 e. The van der Waals surface area contributed by atoms with Gasteiger partial charge in [-0.05, 0) is 72.1 Å². The van der Waals surface area contributed by atoms with E-state index in [9.17, 15) is 9.90 Å². The van der Waals surface area contributed by atoms with Gasteiger partial charge in [0.15, 0.2) is 0 Å². The van der Waals surface area contributed by atoms with E-state index in [1.54, 1.807) is 24.3 Å². The minimum atomic E-state index is -0.108. The molecule has 30 heavy (non-hydrogen) atoms. The molecular formula is C24H22N4O2. The number of H-pyrrole nitrogens is 1. The number of anilines is 1. The summed E-state index contributed by atoms with van der Waals surface area (Å²) in [4.78, 5) is 12.4. The number of rotatable bonds is 6. The fourth-order valence-corrected chi connectivity index (χ4v) is 3.16. The number of aromatic amines is 1. The number of benzene rings is 3. The standard InChI is InChI=1S/C24H22N4O2/c25-20-9-1-16(2-10-20)13-14-26-24(30)19-5-3-17(4-6-19)22-15-23(28-27-22)18-7-11-21(29)12-8-18/h1-12,15,29H,13-14,25H2,(H,26,30)(H,27,28). The van der Waals surface area contributed by atoms with Crippen molar-refractivity contribution in [2.24, 2.45) is 0 Å². The molecular weight excluding hydrogens is 376 g/mol. The summed E-state index contributed by atoms with van der Waals surface area (Å²) in [5.74, 6) is 0.115. The maximum Gasteiger partial charge on any atom is 0.251 e. The Bertz CT molecular complexity index is 1130. The molecule has 5 N–H and O–H groups in total. The van der Waals surface area contributed by atoms with Crippen molar-refractivity contribution in [2.75, 3.05) is 12.3 Å². The fourth-order valence-electron chi connectivity index (χ4n) is 3.16. The Morgan fingerprint density at radius 2 is 1.60 bits per heavy atom. The van der Waals surface area contributed by atoms with Crippen molar-refractivity contribution in [1.82, 2.24) is 15.5 Å². The van der Waals surface area contributed by atoms with Crippen molar-refractivity contribution < 1.29 is 9.90 Å². The van der Waals surface area contributed by atoms with Crippen LogP contribution < -0.4 is 11.1 Å². The van der Waals surface area contributed by atoms with Gasteiger partial charge in [0.05, 0.1) is 11.4 Å². The van der Waals surface area contributed by atoms with Crippen LogP contribution >= 0.6 is 0 Å². The third-order valence-corrected chi connectivity index (χ3v) is 4.88. The number of nitrogen functional groups attached to an aromatic ring is 1. The van der Waals surface area contributed by atoms with Crippen molar-refractivity contribution in [1.29, 1.82) is 0 Å². The van der Waals surface area contributed by atoms with Crippen molar-refractivity contribution in [2.45, 2.75) is 6.42 Å². The largest absolute Gasteiger partial charge is 0.508 e. The molecule has 0 aliphatic heterocycles. The van der Waals surface area contributed by atoms with Crippen LogP contribution in [-0.4, -0.2) is 27.8 Å². The Kier molecular flexibility index (Phi) is 5.48. The van der Waals surface area contributed by atoms with E-state index in [1.165, 1.54) is 0 Å². The zero-order valence-corrected chi connectivity index (χ0v) is 16.3. The summed E-state index contributed by atoms with van der Waals surface area (Å²) in [6.07, 6.45) is 0.747. The van der Waals surface area contributed by atoms with Gasteiger partial charge in [-0.15, -0.1) is 0 Å². The number of hydrogen-bond acceptors (Lipinski definition) is 4. The summed E-state index contributed by atoms with van der Waals surface area (Å²) in [6.45, 7) is 0.555. The summed E-state index contributed by atoms with van der Waals surface area (Å²) in [7, 11) is 0. The predicted molar refractivity (Wildman–Crippen MR) is 118 cm³/mol. The van der Waals surface area contributed by atoms with Crippen LogP contribution in [0.5, 0.6) is 5.75 Å². The van der Waals surface area contributed by atoms with E-state index in [2.05, 4.69) is 15.5 Å². The molecule has 1 heterocycles. The van der Waals surface area contributed by atoms with E-state index >= 15 is 0 Å². The summed E-state index contributed by atoms with van der Waals surface area (Å²) in [6, 6.07) is 23.9. The molecule has 0 fully saturated rings. The number of aromatic nitrogens is 2. The van der Waals surface area contributed by atoms with Crippen LogP contribution in [0.25, 0.3) is 22.5 Å². The topological polar surface area (TPSA) is 104 Å². The van der Waals surface area contributed by atoms with Crippen LogP contribution in [0.1, 0.15) is 15.9 Å². The first-order chi connectivity index (χ1) is 14.6. The van der Waals surface area contributed by atoms with Crippen molar-refractivity contribution in [3.63, 3.8) is 0 Å². The van der Waals surface area contributed by atoms with Crippen LogP contribution in [-0.2, 0) is 6.42 Å². The molecule has 0 bridgehead atoms. The molecule has 0 saturated heterocycles. The van der Waals surface area contributed by atoms with E-state index in [-0.39, 0.29) is 11.7 Å². The van der Waals surface area contributed by atoms with E-state index in [4.69, 9.17) is 5.73 Å². The summed E-state index contributed by atoms with van der Waals surface area (Å²) < 4.78 is 0. The minimum absolute atomic E-state index is 0.108. The number of nitrogens with two attached hydrogens (primary N) is 1. The van der Waals surface area contributed by atoms with Gasteiger partial charge < -0.3 is 16.2 Å². The Morgan fingerprint density at radius 3 is 2.30 bits per heavy atom. The van der Waals surface area contributed by atoms with Gasteiger partial charge in [0, 0.05) is 23.4 Å². The van der Waals surface area contributed by atoms with Gasteiger partial charge in [-0.3, -0.25) is 9.89 Å². The monoisotopic (exact) mass is 398 g/mol. The second kappa shape index (κ2) is 8.53. The molecule has 4 rings (SSSR count). The molecule has 0 atom stereocenters. The summed E-state index contributed by atoms with van der Waals surface area (Å²) >= 11 is 0. The first-order valence-electron chi connectivity index (χ1n) is 9.66. The van der Waals surface area contributed by atoms with E-state index in [1.807, 2.05) is 54.6 Å². The lowest BCUT2D eigenvalue weighted by atomic mass is 10.1. The maximum atomic E-state index is 12.4. The van der Waals surface area contributed by atoms with Gasteiger partial charge >= 0.3 is 0 Å². The van der Waals surface area contributed by atoms with Crippen LogP contribution in [0.4, 0.5) is 5.69 Å². The highest BCUT2D eigenvalue weighted by molar-refractivity contribution is 5.94. The molecule has 1 aromatic heterocycles. The molecule has 0 radical (unpaired) electrons. The average molecular weight is 398 g/mol. The van der Waals surface area contributed by atoms with Gasteiger partial charge in [-0.1, -0.05) is 24.3 Å². The van der Waals surface area contributed by atoms with Gasteiger partial charge in [0.1, 0.15) is 5.75 Å². The zero-order chi connectivity index (χ0) is 20.9. The average Bonchev–Trinajstić information content (AvgIpc) is 3.26. The first kappa shape index (κ1) is 19.3. The highest BCUT2D eigenvalue weighted by Crippen LogP contribution is 2.25. The van der Waals surface area contributed by atoms with Gasteiger partial charge in [0.25, 0.3) is 5.91 Å². The lowest BCUT2D eigenvalue weighted by Gasteiger charge is -2.06. The van der Waals surface area contributed by atoms with Crippen molar-refractivity contribution >= 4 is 11.6 Å². The molecule has 3 aromatic carbocycles. The van der Waals surface area contributed by atoms with Crippen LogP contribution in [0.3, 0.4) is 0 Å². The second-order valence-electron chi connectivity index (χ2n) is 7.04.